The number of piperazine rings is 1. The normalized spacial score (nSPS) is 15.6. The summed E-state index contributed by atoms with van der Waals surface area (Å²) < 4.78 is 38.5. The summed E-state index contributed by atoms with van der Waals surface area (Å²) in [5.74, 6) is 0.0791. The molecule has 3 rings (SSSR count). The van der Waals surface area contributed by atoms with Crippen LogP contribution in [0.4, 0.5) is 5.69 Å². The van der Waals surface area contributed by atoms with Gasteiger partial charge in [-0.2, -0.15) is 4.31 Å². The largest absolute Gasteiger partial charge is 0.490 e. The van der Waals surface area contributed by atoms with E-state index in [-0.39, 0.29) is 10.8 Å². The number of hydrogen-bond acceptors (Lipinski definition) is 6. The number of ether oxygens (including phenoxy) is 2. The van der Waals surface area contributed by atoms with Crippen LogP contribution in [-0.4, -0.2) is 77.1 Å². The third-order valence-corrected chi connectivity index (χ3v) is 7.35. The van der Waals surface area contributed by atoms with Crippen molar-refractivity contribution < 1.29 is 22.7 Å². The molecule has 10 heteroatoms. The number of halogens is 1. The van der Waals surface area contributed by atoms with Crippen molar-refractivity contribution in [1.29, 1.82) is 0 Å². The number of likely N-dealkylation sites (N-methyl/N-ethyl adjacent to an activating group) is 1. The number of carbonyl (C=O) groups excluding carboxylic acids is 1. The van der Waals surface area contributed by atoms with E-state index in [1.54, 1.807) is 37.4 Å². The van der Waals surface area contributed by atoms with Gasteiger partial charge in [0.2, 0.25) is 10.0 Å². The zero-order valence-electron chi connectivity index (χ0n) is 17.5. The van der Waals surface area contributed by atoms with Gasteiger partial charge < -0.3 is 19.7 Å². The van der Waals surface area contributed by atoms with Gasteiger partial charge >= 0.3 is 0 Å². The maximum Gasteiger partial charge on any atom is 0.259 e. The van der Waals surface area contributed by atoms with Gasteiger partial charge in [-0.25, -0.2) is 8.42 Å². The van der Waals surface area contributed by atoms with Crippen LogP contribution in [0.2, 0.25) is 0 Å². The molecule has 0 aromatic heterocycles. The summed E-state index contributed by atoms with van der Waals surface area (Å²) in [5.41, 5.74) is 0.852. The fourth-order valence-electron chi connectivity index (χ4n) is 3.13. The summed E-state index contributed by atoms with van der Waals surface area (Å²) in [5, 5.41) is 2.79. The van der Waals surface area contributed by atoms with Gasteiger partial charge in [0.1, 0.15) is 12.4 Å². The molecule has 0 radical (unpaired) electrons. The van der Waals surface area contributed by atoms with E-state index >= 15 is 0 Å². The molecule has 0 aliphatic carbocycles. The zero-order valence-corrected chi connectivity index (χ0v) is 19.9. The lowest BCUT2D eigenvalue weighted by Gasteiger charge is -2.31. The van der Waals surface area contributed by atoms with E-state index in [0.717, 1.165) is 4.47 Å². The Bertz CT molecular complexity index is 1010. The van der Waals surface area contributed by atoms with Crippen molar-refractivity contribution >= 4 is 37.5 Å². The minimum atomic E-state index is -3.55. The van der Waals surface area contributed by atoms with Crippen LogP contribution in [0.25, 0.3) is 0 Å². The molecule has 31 heavy (non-hydrogen) atoms. The van der Waals surface area contributed by atoms with Gasteiger partial charge in [-0.15, -0.1) is 0 Å². The predicted octanol–water partition coefficient (Wildman–Crippen LogP) is 2.66. The van der Waals surface area contributed by atoms with Crippen LogP contribution in [0.5, 0.6) is 5.75 Å². The van der Waals surface area contributed by atoms with E-state index in [2.05, 4.69) is 26.1 Å². The van der Waals surface area contributed by atoms with E-state index in [1.807, 2.05) is 7.05 Å². The molecular weight excluding hydrogens is 486 g/mol. The Hall–Kier alpha value is -1.98. The first-order valence-electron chi connectivity index (χ1n) is 9.82. The van der Waals surface area contributed by atoms with Gasteiger partial charge in [0.05, 0.1) is 17.1 Å². The molecule has 1 aliphatic rings. The smallest absolute Gasteiger partial charge is 0.259 e. The highest BCUT2D eigenvalue weighted by molar-refractivity contribution is 9.10. The Morgan fingerprint density at radius 3 is 2.39 bits per heavy atom. The first kappa shape index (κ1) is 23.7. The van der Waals surface area contributed by atoms with Crippen molar-refractivity contribution in [3.05, 3.63) is 52.5 Å². The quantitative estimate of drug-likeness (QED) is 0.548. The molecule has 1 N–H and O–H groups in total. The SMILES string of the molecule is COCCOc1ccc(Br)cc1C(=O)Nc1ccc(S(=O)(=O)N2CCN(C)CC2)cc1. The summed E-state index contributed by atoms with van der Waals surface area (Å²) in [7, 11) is -0.00360. The number of anilines is 1. The second kappa shape index (κ2) is 10.6. The summed E-state index contributed by atoms with van der Waals surface area (Å²) in [6.45, 7) is 3.05. The molecular formula is C21H26BrN3O5S. The molecule has 2 aromatic rings. The van der Waals surface area contributed by atoms with Crippen molar-refractivity contribution in [2.45, 2.75) is 4.90 Å². The van der Waals surface area contributed by atoms with Gasteiger partial charge in [0.15, 0.2) is 0 Å². The molecule has 1 aliphatic heterocycles. The van der Waals surface area contributed by atoms with Crippen molar-refractivity contribution in [1.82, 2.24) is 9.21 Å². The lowest BCUT2D eigenvalue weighted by molar-refractivity contribution is 0.101. The summed E-state index contributed by atoms with van der Waals surface area (Å²) in [6.07, 6.45) is 0. The minimum absolute atomic E-state index is 0.209. The highest BCUT2D eigenvalue weighted by Gasteiger charge is 2.27. The number of rotatable bonds is 8. The van der Waals surface area contributed by atoms with Crippen LogP contribution in [0, 0.1) is 0 Å². The molecule has 0 bridgehead atoms. The maximum absolute atomic E-state index is 12.8. The Balaban J connectivity index is 1.71. The van der Waals surface area contributed by atoms with Crippen LogP contribution < -0.4 is 10.1 Å². The van der Waals surface area contributed by atoms with Crippen molar-refractivity contribution in [2.24, 2.45) is 0 Å². The van der Waals surface area contributed by atoms with Gasteiger partial charge in [0, 0.05) is 43.4 Å². The molecule has 0 spiro atoms. The second-order valence-electron chi connectivity index (χ2n) is 7.17. The summed E-state index contributed by atoms with van der Waals surface area (Å²) in [4.78, 5) is 15.1. The molecule has 8 nitrogen and oxygen atoms in total. The third kappa shape index (κ3) is 6.05. The molecule has 1 saturated heterocycles. The Labute approximate surface area is 191 Å². The van der Waals surface area contributed by atoms with Crippen molar-refractivity contribution in [3.8, 4) is 5.75 Å². The molecule has 0 atom stereocenters. The maximum atomic E-state index is 12.8. The fraction of sp³-hybridized carbons (Fsp3) is 0.381. The Morgan fingerprint density at radius 2 is 1.74 bits per heavy atom. The summed E-state index contributed by atoms with van der Waals surface area (Å²) in [6, 6.07) is 11.4. The van der Waals surface area contributed by atoms with E-state index in [1.165, 1.54) is 16.4 Å². The van der Waals surface area contributed by atoms with Crippen LogP contribution in [0.3, 0.4) is 0 Å². The first-order valence-corrected chi connectivity index (χ1v) is 12.1. The van der Waals surface area contributed by atoms with Crippen molar-refractivity contribution in [2.75, 3.05) is 58.9 Å². The van der Waals surface area contributed by atoms with Crippen LogP contribution in [-0.2, 0) is 14.8 Å². The Kier molecular flexibility index (Phi) is 8.06. The minimum Gasteiger partial charge on any atom is -0.490 e. The molecule has 168 valence electrons. The van der Waals surface area contributed by atoms with E-state index in [4.69, 9.17) is 9.47 Å². The number of nitrogens with zero attached hydrogens (tertiary/aromatic N) is 2. The number of nitrogens with one attached hydrogen (secondary N) is 1. The predicted molar refractivity (Wildman–Crippen MR) is 122 cm³/mol. The zero-order chi connectivity index (χ0) is 22.4. The molecule has 1 heterocycles. The number of carbonyl (C=O) groups is 1. The lowest BCUT2D eigenvalue weighted by Crippen LogP contribution is -2.46. The third-order valence-electron chi connectivity index (χ3n) is 4.94. The first-order chi connectivity index (χ1) is 14.8. The van der Waals surface area contributed by atoms with E-state index < -0.39 is 10.0 Å². The average molecular weight is 512 g/mol. The molecule has 0 saturated carbocycles. The topological polar surface area (TPSA) is 88.2 Å². The van der Waals surface area contributed by atoms with Crippen molar-refractivity contribution in [3.63, 3.8) is 0 Å². The average Bonchev–Trinajstić information content (AvgIpc) is 2.75. The van der Waals surface area contributed by atoms with Gasteiger partial charge in [-0.3, -0.25) is 4.79 Å². The summed E-state index contributed by atoms with van der Waals surface area (Å²) >= 11 is 3.37. The molecule has 1 fully saturated rings. The highest BCUT2D eigenvalue weighted by Crippen LogP contribution is 2.25. The number of hydrogen-bond donors (Lipinski definition) is 1. The highest BCUT2D eigenvalue weighted by atomic mass is 79.9. The molecule has 2 aromatic carbocycles. The van der Waals surface area contributed by atoms with E-state index in [9.17, 15) is 13.2 Å². The van der Waals surface area contributed by atoms with Crippen LogP contribution in [0.1, 0.15) is 10.4 Å². The standard InChI is InChI=1S/C21H26BrN3O5S/c1-24-9-11-25(12-10-24)31(27,28)18-6-4-17(5-7-18)23-21(26)19-15-16(22)3-8-20(19)30-14-13-29-2/h3-8,15H,9-14H2,1-2H3,(H,23,26). The van der Waals surface area contributed by atoms with Gasteiger partial charge in [-0.05, 0) is 49.5 Å². The second-order valence-corrected chi connectivity index (χ2v) is 10.0. The van der Waals surface area contributed by atoms with E-state index in [0.29, 0.717) is 56.4 Å². The number of sulfonamides is 1. The number of benzene rings is 2. The molecule has 1 amide bonds. The lowest BCUT2D eigenvalue weighted by atomic mass is 10.2. The molecule has 0 unspecified atom stereocenters. The van der Waals surface area contributed by atoms with Crippen LogP contribution >= 0.6 is 15.9 Å². The van der Waals surface area contributed by atoms with Crippen LogP contribution in [0.15, 0.2) is 51.8 Å². The van der Waals surface area contributed by atoms with Gasteiger partial charge in [0.25, 0.3) is 5.91 Å². The number of methoxy groups -OCH3 is 1. The monoisotopic (exact) mass is 511 g/mol. The Morgan fingerprint density at radius 1 is 1.06 bits per heavy atom. The number of amides is 1. The fourth-order valence-corrected chi connectivity index (χ4v) is 4.91. The van der Waals surface area contributed by atoms with Gasteiger partial charge in [-0.1, -0.05) is 15.9 Å².